The number of nitrogens with one attached hydrogen (secondary N) is 1. The maximum atomic E-state index is 5.67. The molecule has 0 aliphatic carbocycles. The summed E-state index contributed by atoms with van der Waals surface area (Å²) >= 11 is 0. The number of H-pyrrole nitrogens is 1. The van der Waals surface area contributed by atoms with Crippen LogP contribution in [0.2, 0.25) is 0 Å². The number of methoxy groups -OCH3 is 1. The molecule has 1 atom stereocenters. The van der Waals surface area contributed by atoms with Gasteiger partial charge in [-0.1, -0.05) is 19.9 Å². The van der Waals surface area contributed by atoms with Crippen LogP contribution in [-0.2, 0) is 6.42 Å². The predicted molar refractivity (Wildman–Crippen MR) is 77.4 cm³/mol. The van der Waals surface area contributed by atoms with Crippen LogP contribution < -0.4 is 10.5 Å². The SMILES string of the molecule is CCc1ccc(OC)c(-c2cnc(C(C)CN)[nH]2)c1. The molecule has 0 aliphatic heterocycles. The number of aryl methyl sites for hydroxylation is 1. The third kappa shape index (κ3) is 2.79. The van der Waals surface area contributed by atoms with Gasteiger partial charge in [0.05, 0.1) is 19.0 Å². The van der Waals surface area contributed by atoms with Crippen molar-refractivity contribution in [1.29, 1.82) is 0 Å². The average molecular weight is 259 g/mol. The van der Waals surface area contributed by atoms with Gasteiger partial charge in [-0.2, -0.15) is 0 Å². The third-order valence-electron chi connectivity index (χ3n) is 3.38. The number of nitrogens with zero attached hydrogens (tertiary/aromatic N) is 1. The van der Waals surface area contributed by atoms with E-state index in [1.165, 1.54) is 5.56 Å². The molecule has 1 heterocycles. The van der Waals surface area contributed by atoms with Crippen LogP contribution >= 0.6 is 0 Å². The van der Waals surface area contributed by atoms with Gasteiger partial charge in [0.1, 0.15) is 11.6 Å². The zero-order chi connectivity index (χ0) is 13.8. The predicted octanol–water partition coefficient (Wildman–Crippen LogP) is 2.71. The van der Waals surface area contributed by atoms with E-state index in [0.717, 1.165) is 29.3 Å². The molecule has 0 amide bonds. The maximum Gasteiger partial charge on any atom is 0.128 e. The molecule has 4 heteroatoms. The lowest BCUT2D eigenvalue weighted by molar-refractivity contribution is 0.416. The normalized spacial score (nSPS) is 12.4. The van der Waals surface area contributed by atoms with Gasteiger partial charge in [0, 0.05) is 18.0 Å². The van der Waals surface area contributed by atoms with Gasteiger partial charge in [-0.3, -0.25) is 0 Å². The zero-order valence-electron chi connectivity index (χ0n) is 11.7. The minimum absolute atomic E-state index is 0.231. The van der Waals surface area contributed by atoms with Gasteiger partial charge in [0.2, 0.25) is 0 Å². The van der Waals surface area contributed by atoms with Crippen molar-refractivity contribution in [3.05, 3.63) is 35.8 Å². The Labute approximate surface area is 114 Å². The Morgan fingerprint density at radius 3 is 2.84 bits per heavy atom. The molecule has 0 spiro atoms. The zero-order valence-corrected chi connectivity index (χ0v) is 11.7. The smallest absolute Gasteiger partial charge is 0.128 e. The highest BCUT2D eigenvalue weighted by Crippen LogP contribution is 2.30. The van der Waals surface area contributed by atoms with Gasteiger partial charge >= 0.3 is 0 Å². The Bertz CT molecular complexity index is 548. The van der Waals surface area contributed by atoms with Gasteiger partial charge in [-0.25, -0.2) is 4.98 Å². The minimum atomic E-state index is 0.231. The number of aromatic amines is 1. The van der Waals surface area contributed by atoms with Crippen LogP contribution in [0.5, 0.6) is 5.75 Å². The van der Waals surface area contributed by atoms with E-state index in [1.807, 2.05) is 12.3 Å². The molecule has 102 valence electrons. The quantitative estimate of drug-likeness (QED) is 0.867. The number of rotatable bonds is 5. The topological polar surface area (TPSA) is 63.9 Å². The maximum absolute atomic E-state index is 5.67. The number of hydrogen-bond donors (Lipinski definition) is 2. The van der Waals surface area contributed by atoms with Gasteiger partial charge < -0.3 is 15.5 Å². The Morgan fingerprint density at radius 1 is 1.42 bits per heavy atom. The van der Waals surface area contributed by atoms with Crippen LogP contribution in [0.4, 0.5) is 0 Å². The minimum Gasteiger partial charge on any atom is -0.496 e. The fourth-order valence-electron chi connectivity index (χ4n) is 2.02. The second-order valence-corrected chi connectivity index (χ2v) is 4.71. The van der Waals surface area contributed by atoms with Crippen LogP contribution in [0, 0.1) is 0 Å². The lowest BCUT2D eigenvalue weighted by Gasteiger charge is -2.09. The van der Waals surface area contributed by atoms with Crippen molar-refractivity contribution in [3.8, 4) is 17.0 Å². The lowest BCUT2D eigenvalue weighted by Crippen LogP contribution is -2.10. The average Bonchev–Trinajstić information content (AvgIpc) is 2.95. The lowest BCUT2D eigenvalue weighted by atomic mass is 10.1. The second-order valence-electron chi connectivity index (χ2n) is 4.71. The van der Waals surface area contributed by atoms with E-state index >= 15 is 0 Å². The number of imidazole rings is 1. The highest BCUT2D eigenvalue weighted by molar-refractivity contribution is 5.67. The molecule has 2 aromatic rings. The molecule has 0 bridgehead atoms. The Kier molecular flexibility index (Phi) is 4.22. The van der Waals surface area contributed by atoms with Gasteiger partial charge in [0.15, 0.2) is 0 Å². The molecular weight excluding hydrogens is 238 g/mol. The van der Waals surface area contributed by atoms with E-state index in [0.29, 0.717) is 6.54 Å². The molecule has 1 unspecified atom stereocenters. The van der Waals surface area contributed by atoms with E-state index < -0.39 is 0 Å². The summed E-state index contributed by atoms with van der Waals surface area (Å²) in [6.07, 6.45) is 2.84. The van der Waals surface area contributed by atoms with E-state index in [-0.39, 0.29) is 5.92 Å². The standard InChI is InChI=1S/C15H21N3O/c1-4-11-5-6-14(19-3)12(7-11)13-9-17-15(18-13)10(2)8-16/h5-7,9-10H,4,8,16H2,1-3H3,(H,17,18). The first-order chi connectivity index (χ1) is 9.19. The number of hydrogen-bond acceptors (Lipinski definition) is 3. The highest BCUT2D eigenvalue weighted by atomic mass is 16.5. The first-order valence-electron chi connectivity index (χ1n) is 6.61. The summed E-state index contributed by atoms with van der Waals surface area (Å²) in [6.45, 7) is 4.78. The molecule has 1 aromatic carbocycles. The van der Waals surface area contributed by atoms with Gasteiger partial charge in [-0.15, -0.1) is 0 Å². The molecular formula is C15H21N3O. The molecule has 0 aliphatic rings. The van der Waals surface area contributed by atoms with Crippen LogP contribution in [0.15, 0.2) is 24.4 Å². The highest BCUT2D eigenvalue weighted by Gasteiger charge is 2.12. The molecule has 1 aromatic heterocycles. The number of nitrogens with two attached hydrogens (primary N) is 1. The number of ether oxygens (including phenoxy) is 1. The largest absolute Gasteiger partial charge is 0.496 e. The van der Waals surface area contributed by atoms with Crippen molar-refractivity contribution in [2.75, 3.05) is 13.7 Å². The van der Waals surface area contributed by atoms with E-state index in [9.17, 15) is 0 Å². The summed E-state index contributed by atoms with van der Waals surface area (Å²) in [4.78, 5) is 7.74. The Balaban J connectivity index is 2.42. The van der Waals surface area contributed by atoms with Crippen molar-refractivity contribution < 1.29 is 4.74 Å². The van der Waals surface area contributed by atoms with E-state index in [1.54, 1.807) is 7.11 Å². The van der Waals surface area contributed by atoms with Crippen LogP contribution in [-0.4, -0.2) is 23.6 Å². The van der Waals surface area contributed by atoms with Crippen LogP contribution in [0.25, 0.3) is 11.3 Å². The molecule has 19 heavy (non-hydrogen) atoms. The number of aromatic nitrogens is 2. The summed E-state index contributed by atoms with van der Waals surface area (Å²) in [7, 11) is 1.68. The van der Waals surface area contributed by atoms with Crippen molar-refractivity contribution in [1.82, 2.24) is 9.97 Å². The summed E-state index contributed by atoms with van der Waals surface area (Å²) < 4.78 is 5.42. The van der Waals surface area contributed by atoms with E-state index in [2.05, 4.69) is 35.9 Å². The monoisotopic (exact) mass is 259 g/mol. The van der Waals surface area contributed by atoms with Crippen molar-refractivity contribution in [3.63, 3.8) is 0 Å². The molecule has 3 N–H and O–H groups in total. The van der Waals surface area contributed by atoms with Crippen LogP contribution in [0.1, 0.15) is 31.2 Å². The number of benzene rings is 1. The second kappa shape index (κ2) is 5.89. The first kappa shape index (κ1) is 13.6. The molecule has 0 saturated heterocycles. The summed E-state index contributed by atoms with van der Waals surface area (Å²) in [5.74, 6) is 2.00. The Hall–Kier alpha value is -1.81. The van der Waals surface area contributed by atoms with Crippen molar-refractivity contribution >= 4 is 0 Å². The molecule has 2 rings (SSSR count). The fourth-order valence-corrected chi connectivity index (χ4v) is 2.02. The van der Waals surface area contributed by atoms with Crippen molar-refractivity contribution in [2.45, 2.75) is 26.2 Å². The Morgan fingerprint density at radius 2 is 2.21 bits per heavy atom. The van der Waals surface area contributed by atoms with Gasteiger partial charge in [-0.05, 0) is 24.1 Å². The van der Waals surface area contributed by atoms with Gasteiger partial charge in [0.25, 0.3) is 0 Å². The van der Waals surface area contributed by atoms with E-state index in [4.69, 9.17) is 10.5 Å². The van der Waals surface area contributed by atoms with Crippen molar-refractivity contribution in [2.24, 2.45) is 5.73 Å². The molecule has 0 fully saturated rings. The summed E-state index contributed by atoms with van der Waals surface area (Å²) in [6, 6.07) is 6.23. The van der Waals surface area contributed by atoms with Crippen LogP contribution in [0.3, 0.4) is 0 Å². The fraction of sp³-hybridized carbons (Fsp3) is 0.400. The first-order valence-corrected chi connectivity index (χ1v) is 6.61. The molecule has 4 nitrogen and oxygen atoms in total. The summed E-state index contributed by atoms with van der Waals surface area (Å²) in [5, 5.41) is 0. The summed E-state index contributed by atoms with van der Waals surface area (Å²) in [5.41, 5.74) is 8.97. The molecule has 0 radical (unpaired) electrons. The molecule has 0 saturated carbocycles. The third-order valence-corrected chi connectivity index (χ3v) is 3.38.